The third-order valence-electron chi connectivity index (χ3n) is 6.51. The van der Waals surface area contributed by atoms with Crippen LogP contribution in [0.3, 0.4) is 0 Å². The molecule has 4 aliphatic carbocycles. The minimum absolute atomic E-state index is 0.0610. The van der Waals surface area contributed by atoms with Crippen molar-refractivity contribution < 1.29 is 19.1 Å². The number of esters is 1. The predicted octanol–water partition coefficient (Wildman–Crippen LogP) is 3.51. The van der Waals surface area contributed by atoms with Gasteiger partial charge in [0.25, 0.3) is 0 Å². The summed E-state index contributed by atoms with van der Waals surface area (Å²) in [5, 5.41) is 2.70. The number of ketones is 1. The molecule has 0 aliphatic heterocycles. The Morgan fingerprint density at radius 2 is 1.74 bits per heavy atom. The molecule has 6 heteroatoms. The van der Waals surface area contributed by atoms with E-state index < -0.39 is 5.97 Å². The number of carbonyl (C=O) groups excluding carboxylic acids is 3. The van der Waals surface area contributed by atoms with Crippen molar-refractivity contribution in [3.63, 3.8) is 0 Å². The van der Waals surface area contributed by atoms with Crippen molar-refractivity contribution in [3.8, 4) is 0 Å². The van der Waals surface area contributed by atoms with Crippen LogP contribution in [-0.2, 0) is 14.3 Å². The van der Waals surface area contributed by atoms with Crippen LogP contribution in [0.5, 0.6) is 0 Å². The van der Waals surface area contributed by atoms with Crippen LogP contribution in [-0.4, -0.2) is 30.8 Å². The highest BCUT2D eigenvalue weighted by Crippen LogP contribution is 2.61. The molecule has 1 aromatic rings. The monoisotopic (exact) mass is 389 g/mol. The van der Waals surface area contributed by atoms with E-state index in [-0.39, 0.29) is 30.3 Å². The summed E-state index contributed by atoms with van der Waals surface area (Å²) in [7, 11) is 0. The van der Waals surface area contributed by atoms with Gasteiger partial charge in [0, 0.05) is 11.3 Å². The van der Waals surface area contributed by atoms with E-state index in [1.807, 2.05) is 13.0 Å². The van der Waals surface area contributed by atoms with E-state index in [4.69, 9.17) is 4.74 Å². The van der Waals surface area contributed by atoms with Crippen LogP contribution in [0.25, 0.3) is 0 Å². The van der Waals surface area contributed by atoms with Gasteiger partial charge in [0.15, 0.2) is 6.61 Å². The molecule has 4 fully saturated rings. The van der Waals surface area contributed by atoms with Crippen LogP contribution in [0.1, 0.15) is 59.5 Å². The fraction of sp³-hybridized carbons (Fsp3) is 0.667. The van der Waals surface area contributed by atoms with E-state index in [1.165, 1.54) is 49.9 Å². The number of aryl methyl sites for hydroxylation is 1. The first kappa shape index (κ1) is 18.7. The lowest BCUT2D eigenvalue weighted by Crippen LogP contribution is -2.48. The van der Waals surface area contributed by atoms with Gasteiger partial charge < -0.3 is 10.1 Å². The van der Waals surface area contributed by atoms with Crippen LogP contribution < -0.4 is 5.32 Å². The fourth-order valence-electron chi connectivity index (χ4n) is 5.93. The third kappa shape index (κ3) is 4.26. The second-order valence-corrected chi connectivity index (χ2v) is 10.2. The largest absolute Gasteiger partial charge is 0.456 e. The zero-order chi connectivity index (χ0) is 19.0. The topological polar surface area (TPSA) is 72.5 Å². The summed E-state index contributed by atoms with van der Waals surface area (Å²) < 4.78 is 5.02. The summed E-state index contributed by atoms with van der Waals surface area (Å²) in [6.45, 7) is 1.48. The molecule has 0 saturated heterocycles. The maximum absolute atomic E-state index is 12.4. The summed E-state index contributed by atoms with van der Waals surface area (Å²) in [4.78, 5) is 37.9. The summed E-state index contributed by atoms with van der Waals surface area (Å²) in [6.07, 6.45) is 8.10. The van der Waals surface area contributed by atoms with Crippen molar-refractivity contribution in [3.05, 3.63) is 21.9 Å². The highest BCUT2D eigenvalue weighted by Gasteiger charge is 2.51. The van der Waals surface area contributed by atoms with Crippen molar-refractivity contribution in [2.45, 2.75) is 51.9 Å². The van der Waals surface area contributed by atoms with Crippen molar-refractivity contribution >= 4 is 29.0 Å². The number of carbonyl (C=O) groups is 3. The number of Topliss-reactive ketones (excluding diaryl/α,β-unsaturated/α-hetero) is 1. The van der Waals surface area contributed by atoms with Gasteiger partial charge in [-0.05, 0) is 80.8 Å². The molecule has 1 heterocycles. The molecule has 0 spiro atoms. The number of hydrogen-bond acceptors (Lipinski definition) is 5. The second kappa shape index (κ2) is 7.38. The van der Waals surface area contributed by atoms with E-state index in [9.17, 15) is 14.4 Å². The third-order valence-corrected chi connectivity index (χ3v) is 7.55. The molecule has 1 N–H and O–H groups in total. The van der Waals surface area contributed by atoms with Crippen molar-refractivity contribution in [1.29, 1.82) is 0 Å². The van der Waals surface area contributed by atoms with E-state index >= 15 is 0 Å². The molecule has 27 heavy (non-hydrogen) atoms. The van der Waals surface area contributed by atoms with Gasteiger partial charge in [0.05, 0.1) is 4.88 Å². The zero-order valence-electron chi connectivity index (χ0n) is 15.8. The lowest BCUT2D eigenvalue weighted by molar-refractivity contribution is -0.143. The number of rotatable bonds is 7. The van der Waals surface area contributed by atoms with Crippen molar-refractivity contribution in [1.82, 2.24) is 5.32 Å². The molecule has 1 amide bonds. The minimum atomic E-state index is -0.560. The predicted molar refractivity (Wildman–Crippen MR) is 103 cm³/mol. The average molecular weight is 390 g/mol. The molecule has 4 saturated carbocycles. The highest BCUT2D eigenvalue weighted by molar-refractivity contribution is 7.14. The van der Waals surface area contributed by atoms with Crippen LogP contribution in [0.4, 0.5) is 0 Å². The van der Waals surface area contributed by atoms with Gasteiger partial charge in [-0.25, -0.2) is 0 Å². The molecule has 4 bridgehead atoms. The molecule has 0 atom stereocenters. The average Bonchev–Trinajstić information content (AvgIpc) is 3.03. The number of ether oxygens (including phenoxy) is 1. The Morgan fingerprint density at radius 3 is 2.30 bits per heavy atom. The number of amides is 1. The summed E-state index contributed by atoms with van der Waals surface area (Å²) in [6, 6.07) is 3.60. The standard InChI is InChI=1S/C21H27NO4S/c1-13-2-3-18(27-13)17(23)12-26-20(25)11-22-19(24)10-21-7-14-4-15(8-21)6-16(5-14)9-21/h2-3,14-16H,4-12H2,1H3,(H,22,24). The maximum Gasteiger partial charge on any atom is 0.325 e. The Hall–Kier alpha value is -1.69. The van der Waals surface area contributed by atoms with Gasteiger partial charge in [-0.3, -0.25) is 14.4 Å². The van der Waals surface area contributed by atoms with Gasteiger partial charge in [-0.1, -0.05) is 0 Å². The van der Waals surface area contributed by atoms with Crippen LogP contribution in [0.2, 0.25) is 0 Å². The van der Waals surface area contributed by atoms with Gasteiger partial charge in [-0.2, -0.15) is 0 Å². The molecule has 5 rings (SSSR count). The first-order chi connectivity index (χ1) is 12.9. The molecule has 146 valence electrons. The van der Waals surface area contributed by atoms with Gasteiger partial charge in [-0.15, -0.1) is 11.3 Å². The van der Waals surface area contributed by atoms with Gasteiger partial charge in [0.1, 0.15) is 6.54 Å². The fourth-order valence-corrected chi connectivity index (χ4v) is 6.72. The Morgan fingerprint density at radius 1 is 1.11 bits per heavy atom. The highest BCUT2D eigenvalue weighted by atomic mass is 32.1. The summed E-state index contributed by atoms with van der Waals surface area (Å²) in [5.41, 5.74) is 0.162. The number of hydrogen-bond donors (Lipinski definition) is 1. The first-order valence-electron chi connectivity index (χ1n) is 9.93. The SMILES string of the molecule is Cc1ccc(C(=O)COC(=O)CNC(=O)CC23CC4CC(CC(C4)C2)C3)s1. The van der Waals surface area contributed by atoms with Crippen LogP contribution in [0.15, 0.2) is 12.1 Å². The Labute approximate surface area is 163 Å². The van der Waals surface area contributed by atoms with Crippen molar-refractivity contribution in [2.75, 3.05) is 13.2 Å². The van der Waals surface area contributed by atoms with E-state index in [0.29, 0.717) is 11.3 Å². The van der Waals surface area contributed by atoms with Crippen molar-refractivity contribution in [2.24, 2.45) is 23.2 Å². The molecule has 0 unspecified atom stereocenters. The van der Waals surface area contributed by atoms with E-state index in [0.717, 1.165) is 22.6 Å². The quantitative estimate of drug-likeness (QED) is 0.572. The Kier molecular flexibility index (Phi) is 5.10. The van der Waals surface area contributed by atoms with E-state index in [1.54, 1.807) is 6.07 Å². The molecular weight excluding hydrogens is 362 g/mol. The lowest BCUT2D eigenvalue weighted by Gasteiger charge is -2.56. The molecule has 0 radical (unpaired) electrons. The lowest BCUT2D eigenvalue weighted by atomic mass is 9.49. The second-order valence-electron chi connectivity index (χ2n) is 8.87. The number of thiophene rings is 1. The van der Waals surface area contributed by atoms with Crippen LogP contribution >= 0.6 is 11.3 Å². The minimum Gasteiger partial charge on any atom is -0.456 e. The molecule has 5 nitrogen and oxygen atoms in total. The van der Waals surface area contributed by atoms with E-state index in [2.05, 4.69) is 5.32 Å². The van der Waals surface area contributed by atoms with Gasteiger partial charge in [0.2, 0.25) is 11.7 Å². The molecular formula is C21H27NO4S. The normalized spacial score (nSPS) is 30.9. The molecule has 4 aliphatic rings. The first-order valence-corrected chi connectivity index (χ1v) is 10.7. The smallest absolute Gasteiger partial charge is 0.325 e. The van der Waals surface area contributed by atoms with Gasteiger partial charge >= 0.3 is 5.97 Å². The Balaban J connectivity index is 1.20. The number of nitrogens with one attached hydrogen (secondary N) is 1. The summed E-state index contributed by atoms with van der Waals surface area (Å²) in [5.74, 6) is 1.59. The maximum atomic E-state index is 12.4. The van der Waals surface area contributed by atoms with Crippen LogP contribution in [0, 0.1) is 30.1 Å². The molecule has 0 aromatic carbocycles. The summed E-state index contributed by atoms with van der Waals surface area (Å²) >= 11 is 1.39. The Bertz CT molecular complexity index is 718. The zero-order valence-corrected chi connectivity index (χ0v) is 16.6. The molecule has 1 aromatic heterocycles.